The Morgan fingerprint density at radius 1 is 1.32 bits per heavy atom. The van der Waals surface area contributed by atoms with E-state index >= 15 is 0 Å². The van der Waals surface area contributed by atoms with E-state index in [-0.39, 0.29) is 4.90 Å². The smallest absolute Gasteiger partial charge is 0.244 e. The van der Waals surface area contributed by atoms with Crippen LogP contribution in [0.4, 0.5) is 5.13 Å². The molecule has 0 radical (unpaired) electrons. The fraction of sp³-hybridized carbons (Fsp3) is 0.250. The minimum atomic E-state index is -3.62. The van der Waals surface area contributed by atoms with Crippen LogP contribution in [0.2, 0.25) is 5.02 Å². The van der Waals surface area contributed by atoms with Crippen molar-refractivity contribution in [1.82, 2.24) is 4.98 Å². The highest BCUT2D eigenvalue weighted by Crippen LogP contribution is 2.29. The third-order valence-electron chi connectivity index (χ3n) is 2.74. The van der Waals surface area contributed by atoms with Gasteiger partial charge in [0.05, 0.1) is 10.6 Å². The molecule has 7 heteroatoms. The lowest BCUT2D eigenvalue weighted by molar-refractivity contribution is 0.594. The van der Waals surface area contributed by atoms with Crippen LogP contribution >= 0.6 is 22.9 Å². The van der Waals surface area contributed by atoms with Crippen molar-refractivity contribution in [3.63, 3.8) is 0 Å². The van der Waals surface area contributed by atoms with Crippen LogP contribution in [0.25, 0.3) is 0 Å². The van der Waals surface area contributed by atoms with E-state index in [0.717, 1.165) is 10.6 Å². The van der Waals surface area contributed by atoms with E-state index in [2.05, 4.69) is 4.98 Å². The van der Waals surface area contributed by atoms with Gasteiger partial charge in [-0.05, 0) is 32.0 Å². The van der Waals surface area contributed by atoms with E-state index in [1.165, 1.54) is 34.8 Å². The maximum absolute atomic E-state index is 12.4. The predicted octanol–water partition coefficient (Wildman–Crippen LogP) is 3.24. The van der Waals surface area contributed by atoms with Crippen LogP contribution in [0.5, 0.6) is 0 Å². The Kier molecular flexibility index (Phi) is 3.85. The predicted molar refractivity (Wildman–Crippen MR) is 78.6 cm³/mol. The van der Waals surface area contributed by atoms with Crippen LogP contribution < -0.4 is 4.31 Å². The summed E-state index contributed by atoms with van der Waals surface area (Å²) in [6, 6.07) is 6.20. The average Bonchev–Trinajstić information content (AvgIpc) is 2.68. The minimum Gasteiger partial charge on any atom is -0.244 e. The monoisotopic (exact) mass is 316 g/mol. The summed E-state index contributed by atoms with van der Waals surface area (Å²) in [6.45, 7) is 3.77. The Bertz CT molecular complexity index is 691. The van der Waals surface area contributed by atoms with Crippen LogP contribution in [0.3, 0.4) is 0 Å². The number of hydrogen-bond acceptors (Lipinski definition) is 4. The first-order chi connectivity index (χ1) is 8.82. The van der Waals surface area contributed by atoms with Gasteiger partial charge < -0.3 is 0 Å². The van der Waals surface area contributed by atoms with Gasteiger partial charge in [0.2, 0.25) is 0 Å². The van der Waals surface area contributed by atoms with Crippen molar-refractivity contribution in [2.45, 2.75) is 18.7 Å². The van der Waals surface area contributed by atoms with Crippen molar-refractivity contribution in [3.8, 4) is 0 Å². The molecule has 0 saturated heterocycles. The highest BCUT2D eigenvalue weighted by Gasteiger charge is 2.24. The third-order valence-corrected chi connectivity index (χ3v) is 5.98. The van der Waals surface area contributed by atoms with Gasteiger partial charge in [0, 0.05) is 16.9 Å². The first-order valence-corrected chi connectivity index (χ1v) is 8.14. The summed E-state index contributed by atoms with van der Waals surface area (Å²) in [5.74, 6) is 0. The molecular formula is C12H13ClN2O2S2. The summed E-state index contributed by atoms with van der Waals surface area (Å²) < 4.78 is 26.1. The molecule has 4 nitrogen and oxygen atoms in total. The van der Waals surface area contributed by atoms with Gasteiger partial charge in [-0.1, -0.05) is 17.7 Å². The number of aryl methyl sites for hydroxylation is 2. The summed E-state index contributed by atoms with van der Waals surface area (Å²) in [4.78, 5) is 5.42. The second-order valence-electron chi connectivity index (χ2n) is 4.07. The zero-order chi connectivity index (χ0) is 14.2. The molecule has 0 aliphatic rings. The lowest BCUT2D eigenvalue weighted by Crippen LogP contribution is -2.26. The molecule has 0 aliphatic carbocycles. The largest absolute Gasteiger partial charge is 0.265 e. The van der Waals surface area contributed by atoms with Crippen molar-refractivity contribution < 1.29 is 8.42 Å². The Morgan fingerprint density at radius 3 is 2.53 bits per heavy atom. The number of benzene rings is 1. The fourth-order valence-corrected chi connectivity index (χ4v) is 4.01. The summed E-state index contributed by atoms with van der Waals surface area (Å²) in [5.41, 5.74) is 0.841. The van der Waals surface area contributed by atoms with Crippen LogP contribution in [0.15, 0.2) is 29.2 Å². The third kappa shape index (κ3) is 2.75. The minimum absolute atomic E-state index is 0.160. The van der Waals surface area contributed by atoms with Gasteiger partial charge in [0.1, 0.15) is 0 Å². The average molecular weight is 317 g/mol. The number of aromatic nitrogens is 1. The lowest BCUT2D eigenvalue weighted by Gasteiger charge is -2.16. The van der Waals surface area contributed by atoms with E-state index in [0.29, 0.717) is 10.2 Å². The van der Waals surface area contributed by atoms with E-state index in [9.17, 15) is 8.42 Å². The molecule has 0 spiro atoms. The van der Waals surface area contributed by atoms with Crippen molar-refractivity contribution in [1.29, 1.82) is 0 Å². The Morgan fingerprint density at radius 2 is 2.00 bits per heavy atom. The van der Waals surface area contributed by atoms with Gasteiger partial charge in [0.15, 0.2) is 5.13 Å². The van der Waals surface area contributed by atoms with Crippen molar-refractivity contribution in [3.05, 3.63) is 39.9 Å². The second-order valence-corrected chi connectivity index (χ2v) is 7.66. The first kappa shape index (κ1) is 14.3. The molecule has 1 aromatic carbocycles. The van der Waals surface area contributed by atoms with Gasteiger partial charge in [-0.25, -0.2) is 17.7 Å². The van der Waals surface area contributed by atoms with Crippen molar-refractivity contribution in [2.75, 3.05) is 11.4 Å². The normalized spacial score (nSPS) is 11.6. The van der Waals surface area contributed by atoms with Crippen LogP contribution in [0.1, 0.15) is 10.6 Å². The van der Waals surface area contributed by atoms with Crippen LogP contribution in [-0.4, -0.2) is 20.4 Å². The summed E-state index contributed by atoms with van der Waals surface area (Å²) in [6.07, 6.45) is 0. The van der Waals surface area contributed by atoms with Gasteiger partial charge >= 0.3 is 0 Å². The maximum atomic E-state index is 12.4. The molecule has 0 atom stereocenters. The van der Waals surface area contributed by atoms with E-state index < -0.39 is 10.0 Å². The number of halogens is 1. The SMILES string of the molecule is Cc1nc(N(C)S(=O)(=O)c2cccc(Cl)c2)sc1C. The molecule has 0 fully saturated rings. The zero-order valence-corrected chi connectivity index (χ0v) is 13.1. The van der Waals surface area contributed by atoms with Gasteiger partial charge in [-0.3, -0.25) is 0 Å². The quantitative estimate of drug-likeness (QED) is 0.873. The Hall–Kier alpha value is -1.11. The fourth-order valence-electron chi connectivity index (χ4n) is 1.48. The van der Waals surface area contributed by atoms with Crippen molar-refractivity contribution in [2.24, 2.45) is 0 Å². The zero-order valence-electron chi connectivity index (χ0n) is 10.7. The van der Waals surface area contributed by atoms with E-state index in [1.54, 1.807) is 12.1 Å². The Labute approximate surface area is 121 Å². The number of sulfonamides is 1. The molecule has 0 aliphatic heterocycles. The molecular weight excluding hydrogens is 304 g/mol. The maximum Gasteiger partial charge on any atom is 0.265 e. The highest BCUT2D eigenvalue weighted by molar-refractivity contribution is 7.93. The van der Waals surface area contributed by atoms with E-state index in [4.69, 9.17) is 11.6 Å². The summed E-state index contributed by atoms with van der Waals surface area (Å²) >= 11 is 7.19. The standard InChI is InChI=1S/C12H13ClN2O2S2/c1-8-9(2)18-12(14-8)15(3)19(16,17)11-6-4-5-10(13)7-11/h4-7H,1-3H3. The molecule has 1 aromatic heterocycles. The molecule has 0 unspecified atom stereocenters. The second kappa shape index (κ2) is 5.11. The molecule has 2 rings (SSSR count). The summed E-state index contributed by atoms with van der Waals surface area (Å²) in [7, 11) is -2.13. The summed E-state index contributed by atoms with van der Waals surface area (Å²) in [5, 5.41) is 0.843. The van der Waals surface area contributed by atoms with Gasteiger partial charge in [0.25, 0.3) is 10.0 Å². The van der Waals surface area contributed by atoms with Crippen LogP contribution in [-0.2, 0) is 10.0 Å². The number of anilines is 1. The van der Waals surface area contributed by atoms with E-state index in [1.807, 2.05) is 13.8 Å². The number of thiazole rings is 1. The molecule has 19 heavy (non-hydrogen) atoms. The first-order valence-electron chi connectivity index (χ1n) is 5.51. The number of hydrogen-bond donors (Lipinski definition) is 0. The topological polar surface area (TPSA) is 50.3 Å². The van der Waals surface area contributed by atoms with Crippen LogP contribution in [0, 0.1) is 13.8 Å². The molecule has 102 valence electrons. The molecule has 0 bridgehead atoms. The molecule has 0 amide bonds. The van der Waals surface area contributed by atoms with Gasteiger partial charge in [-0.2, -0.15) is 0 Å². The Balaban J connectivity index is 2.45. The number of nitrogens with zero attached hydrogens (tertiary/aromatic N) is 2. The molecule has 2 aromatic rings. The van der Waals surface area contributed by atoms with Crippen molar-refractivity contribution >= 4 is 38.1 Å². The highest BCUT2D eigenvalue weighted by atomic mass is 35.5. The van der Waals surface area contributed by atoms with Gasteiger partial charge in [-0.15, -0.1) is 11.3 Å². The molecule has 0 saturated carbocycles. The lowest BCUT2D eigenvalue weighted by atomic mass is 10.4. The molecule has 1 heterocycles. The number of rotatable bonds is 3. The molecule has 0 N–H and O–H groups in total.